The minimum atomic E-state index is -0.744. The first-order chi connectivity index (χ1) is 8.06. The van der Waals surface area contributed by atoms with E-state index in [-0.39, 0.29) is 18.8 Å². The van der Waals surface area contributed by atoms with Crippen molar-refractivity contribution < 1.29 is 14.3 Å². The molecule has 1 aromatic rings. The largest absolute Gasteiger partial charge is 0.465 e. The van der Waals surface area contributed by atoms with E-state index in [0.717, 1.165) is 5.56 Å². The van der Waals surface area contributed by atoms with Gasteiger partial charge in [-0.25, -0.2) is 0 Å². The second kappa shape index (κ2) is 6.40. The first-order valence-electron chi connectivity index (χ1n) is 5.49. The molecule has 4 heteroatoms. The Morgan fingerprint density at radius 3 is 2.59 bits per heavy atom. The summed E-state index contributed by atoms with van der Waals surface area (Å²) in [4.78, 5) is 23.2. The highest BCUT2D eigenvalue weighted by atomic mass is 35.5. The molecule has 0 heterocycles. The average molecular weight is 255 g/mol. The van der Waals surface area contributed by atoms with Crippen LogP contribution in [-0.2, 0) is 20.7 Å². The van der Waals surface area contributed by atoms with Gasteiger partial charge in [-0.2, -0.15) is 0 Å². The Kier molecular flexibility index (Phi) is 5.16. The molecule has 17 heavy (non-hydrogen) atoms. The Balaban J connectivity index is 2.67. The molecular weight excluding hydrogens is 240 g/mol. The lowest BCUT2D eigenvalue weighted by molar-refractivity contribution is -0.150. The summed E-state index contributed by atoms with van der Waals surface area (Å²) in [5, 5.41) is 0.539. The second-order valence-electron chi connectivity index (χ2n) is 3.71. The highest BCUT2D eigenvalue weighted by Crippen LogP contribution is 2.17. The van der Waals surface area contributed by atoms with E-state index in [0.29, 0.717) is 5.02 Å². The van der Waals surface area contributed by atoms with Crippen LogP contribution in [0.25, 0.3) is 0 Å². The highest BCUT2D eigenvalue weighted by molar-refractivity contribution is 6.31. The number of esters is 1. The molecule has 1 unspecified atom stereocenters. The number of carbonyl (C=O) groups is 2. The molecule has 0 aliphatic heterocycles. The predicted molar refractivity (Wildman–Crippen MR) is 66.0 cm³/mol. The maximum absolute atomic E-state index is 11.8. The fraction of sp³-hybridized carbons (Fsp3) is 0.385. The minimum Gasteiger partial charge on any atom is -0.465 e. The van der Waals surface area contributed by atoms with Gasteiger partial charge in [0.15, 0.2) is 5.78 Å². The van der Waals surface area contributed by atoms with Crippen molar-refractivity contribution in [1.29, 1.82) is 0 Å². The quantitative estimate of drug-likeness (QED) is 0.599. The van der Waals surface area contributed by atoms with Gasteiger partial charge in [0, 0.05) is 11.4 Å². The minimum absolute atomic E-state index is 0.152. The molecule has 92 valence electrons. The van der Waals surface area contributed by atoms with Crippen molar-refractivity contribution in [3.63, 3.8) is 0 Å². The van der Waals surface area contributed by atoms with Crippen molar-refractivity contribution in [1.82, 2.24) is 0 Å². The van der Waals surface area contributed by atoms with Crippen LogP contribution in [0.3, 0.4) is 0 Å². The first kappa shape index (κ1) is 13.7. The van der Waals surface area contributed by atoms with Gasteiger partial charge in [-0.3, -0.25) is 9.59 Å². The molecule has 1 aromatic carbocycles. The maximum atomic E-state index is 11.8. The lowest BCUT2D eigenvalue weighted by Crippen LogP contribution is -2.24. The molecule has 1 atom stereocenters. The zero-order valence-corrected chi connectivity index (χ0v) is 10.7. The Labute approximate surface area is 106 Å². The van der Waals surface area contributed by atoms with Crippen molar-refractivity contribution in [2.75, 3.05) is 6.61 Å². The number of ketones is 1. The Bertz CT molecular complexity index is 415. The molecule has 0 saturated carbocycles. The molecule has 0 amide bonds. The van der Waals surface area contributed by atoms with Gasteiger partial charge < -0.3 is 4.74 Å². The van der Waals surface area contributed by atoms with Crippen molar-refractivity contribution in [3.8, 4) is 0 Å². The number of ether oxygens (including phenoxy) is 1. The van der Waals surface area contributed by atoms with Gasteiger partial charge in [-0.15, -0.1) is 0 Å². The molecule has 0 aliphatic rings. The lowest BCUT2D eigenvalue weighted by Gasteiger charge is -2.10. The van der Waals surface area contributed by atoms with Crippen molar-refractivity contribution in [2.45, 2.75) is 20.3 Å². The number of hydrogen-bond donors (Lipinski definition) is 0. The highest BCUT2D eigenvalue weighted by Gasteiger charge is 2.23. The summed E-state index contributed by atoms with van der Waals surface area (Å²) < 4.78 is 4.80. The molecule has 0 bridgehead atoms. The van der Waals surface area contributed by atoms with E-state index in [1.165, 1.54) is 0 Å². The Morgan fingerprint density at radius 2 is 2.00 bits per heavy atom. The molecule has 1 rings (SSSR count). The molecule has 0 radical (unpaired) electrons. The summed E-state index contributed by atoms with van der Waals surface area (Å²) in [5.41, 5.74) is 0.732. The topological polar surface area (TPSA) is 43.4 Å². The molecular formula is C13H15ClO3. The maximum Gasteiger partial charge on any atom is 0.316 e. The van der Waals surface area contributed by atoms with Gasteiger partial charge in [0.25, 0.3) is 0 Å². The normalized spacial score (nSPS) is 11.9. The van der Waals surface area contributed by atoms with Crippen LogP contribution >= 0.6 is 11.6 Å². The van der Waals surface area contributed by atoms with Gasteiger partial charge in [-0.1, -0.05) is 29.8 Å². The average Bonchev–Trinajstić information content (AvgIpc) is 2.31. The summed E-state index contributed by atoms with van der Waals surface area (Å²) in [6.07, 6.45) is 0.152. The smallest absolute Gasteiger partial charge is 0.316 e. The zero-order valence-electron chi connectivity index (χ0n) is 9.90. The molecule has 0 aromatic heterocycles. The number of carbonyl (C=O) groups excluding carboxylic acids is 2. The number of rotatable bonds is 5. The van der Waals surface area contributed by atoms with Gasteiger partial charge >= 0.3 is 5.97 Å². The van der Waals surface area contributed by atoms with E-state index in [1.807, 2.05) is 6.07 Å². The van der Waals surface area contributed by atoms with Crippen LogP contribution in [-0.4, -0.2) is 18.4 Å². The van der Waals surface area contributed by atoms with Gasteiger partial charge in [0.05, 0.1) is 6.61 Å². The summed E-state index contributed by atoms with van der Waals surface area (Å²) >= 11 is 5.95. The summed E-state index contributed by atoms with van der Waals surface area (Å²) in [6.45, 7) is 3.54. The summed E-state index contributed by atoms with van der Waals surface area (Å²) in [6, 6.07) is 7.10. The third-order valence-electron chi connectivity index (χ3n) is 2.45. The third kappa shape index (κ3) is 3.86. The van der Waals surface area contributed by atoms with Crippen LogP contribution in [0.15, 0.2) is 24.3 Å². The second-order valence-corrected chi connectivity index (χ2v) is 4.12. The summed E-state index contributed by atoms with van der Waals surface area (Å²) in [7, 11) is 0. The standard InChI is InChI=1S/C13H15ClO3/c1-3-17-13(16)9(2)12(15)8-10-6-4-5-7-11(10)14/h4-7,9H,3,8H2,1-2H3. The molecule has 0 fully saturated rings. The van der Waals surface area contributed by atoms with Crippen molar-refractivity contribution in [2.24, 2.45) is 5.92 Å². The van der Waals surface area contributed by atoms with Crippen LogP contribution in [0.2, 0.25) is 5.02 Å². The lowest BCUT2D eigenvalue weighted by atomic mass is 9.99. The fourth-order valence-electron chi connectivity index (χ4n) is 1.38. The van der Waals surface area contributed by atoms with Crippen LogP contribution in [0.4, 0.5) is 0 Å². The SMILES string of the molecule is CCOC(=O)C(C)C(=O)Cc1ccccc1Cl. The van der Waals surface area contributed by atoms with Gasteiger partial charge in [0.1, 0.15) is 5.92 Å². The van der Waals surface area contributed by atoms with E-state index in [4.69, 9.17) is 16.3 Å². The fourth-order valence-corrected chi connectivity index (χ4v) is 1.58. The van der Waals surface area contributed by atoms with Crippen LogP contribution < -0.4 is 0 Å². The molecule has 0 spiro atoms. The van der Waals surface area contributed by atoms with Crippen LogP contribution in [0.1, 0.15) is 19.4 Å². The zero-order chi connectivity index (χ0) is 12.8. The molecule has 0 N–H and O–H groups in total. The van der Waals surface area contributed by atoms with Crippen molar-refractivity contribution >= 4 is 23.4 Å². The van der Waals surface area contributed by atoms with Gasteiger partial charge in [0.2, 0.25) is 0 Å². The number of benzene rings is 1. The molecule has 3 nitrogen and oxygen atoms in total. The van der Waals surface area contributed by atoms with E-state index in [9.17, 15) is 9.59 Å². The third-order valence-corrected chi connectivity index (χ3v) is 2.81. The number of hydrogen-bond acceptors (Lipinski definition) is 3. The van der Waals surface area contributed by atoms with E-state index < -0.39 is 11.9 Å². The van der Waals surface area contributed by atoms with Crippen molar-refractivity contribution in [3.05, 3.63) is 34.9 Å². The summed E-state index contributed by atoms with van der Waals surface area (Å²) in [5.74, 6) is -1.41. The van der Waals surface area contributed by atoms with Crippen LogP contribution in [0.5, 0.6) is 0 Å². The molecule has 0 saturated heterocycles. The monoisotopic (exact) mass is 254 g/mol. The Hall–Kier alpha value is -1.35. The van der Waals surface area contributed by atoms with E-state index in [1.54, 1.807) is 32.0 Å². The number of Topliss-reactive ketones (excluding diaryl/α,β-unsaturated/α-hetero) is 1. The van der Waals surface area contributed by atoms with E-state index in [2.05, 4.69) is 0 Å². The number of halogens is 1. The Morgan fingerprint density at radius 1 is 1.35 bits per heavy atom. The van der Waals surface area contributed by atoms with Crippen LogP contribution in [0, 0.1) is 5.92 Å². The molecule has 0 aliphatic carbocycles. The van der Waals surface area contributed by atoms with E-state index >= 15 is 0 Å². The van der Waals surface area contributed by atoms with Gasteiger partial charge in [-0.05, 0) is 25.5 Å². The predicted octanol–water partition coefficient (Wildman–Crippen LogP) is 2.65. The first-order valence-corrected chi connectivity index (χ1v) is 5.86.